The summed E-state index contributed by atoms with van der Waals surface area (Å²) in [7, 11) is 1.80. The highest BCUT2D eigenvalue weighted by atomic mass is 79.9. The zero-order chi connectivity index (χ0) is 12.6. The lowest BCUT2D eigenvalue weighted by atomic mass is 10.1. The minimum atomic E-state index is 1.28. The van der Waals surface area contributed by atoms with Gasteiger partial charge in [-0.1, -0.05) is 94.2 Å². The molecule has 17 heavy (non-hydrogen) atoms. The van der Waals surface area contributed by atoms with Gasteiger partial charge >= 0.3 is 0 Å². The lowest BCUT2D eigenvalue weighted by Crippen LogP contribution is -1.83. The van der Waals surface area contributed by atoms with E-state index in [1.54, 1.807) is 10.2 Å². The van der Waals surface area contributed by atoms with Crippen LogP contribution in [0.2, 0.25) is 0 Å². The van der Waals surface area contributed by atoms with Crippen molar-refractivity contribution in [3.05, 3.63) is 0 Å². The molecule has 0 amide bonds. The molecule has 2 heteroatoms. The topological polar surface area (TPSA) is 0 Å². The molecule has 0 aliphatic heterocycles. The van der Waals surface area contributed by atoms with Crippen LogP contribution in [-0.2, 0) is 0 Å². The Morgan fingerprint density at radius 1 is 0.588 bits per heavy atom. The third kappa shape index (κ3) is 16.8. The molecule has 0 aliphatic carbocycles. The smallest absolute Gasteiger partial charge is 0.00425 e. The minimum absolute atomic E-state index is 1.28. The second kappa shape index (κ2) is 16.8. The Kier molecular flexibility index (Phi) is 17.7. The standard InChI is InChI=1S/C15H31BrS/c1-2-3-4-5-6-7-8-9-10-11-12-13-14-15-17-16/h2-15H2,1H3. The minimum Gasteiger partial charge on any atom is -0.0836 e. The van der Waals surface area contributed by atoms with E-state index in [1.165, 1.54) is 89.2 Å². The summed E-state index contributed by atoms with van der Waals surface area (Å²) in [6.07, 6.45) is 18.8. The summed E-state index contributed by atoms with van der Waals surface area (Å²) in [5.74, 6) is 1.28. The Morgan fingerprint density at radius 2 is 0.941 bits per heavy atom. The zero-order valence-electron chi connectivity index (χ0n) is 11.7. The number of rotatable bonds is 14. The van der Waals surface area contributed by atoms with Crippen molar-refractivity contribution in [1.82, 2.24) is 0 Å². The molecule has 0 rings (SSSR count). The number of unbranched alkanes of at least 4 members (excludes halogenated alkanes) is 12. The van der Waals surface area contributed by atoms with E-state index in [-0.39, 0.29) is 0 Å². The van der Waals surface area contributed by atoms with Crippen LogP contribution in [0.4, 0.5) is 0 Å². The summed E-state index contributed by atoms with van der Waals surface area (Å²) >= 11 is 3.40. The summed E-state index contributed by atoms with van der Waals surface area (Å²) in [5.41, 5.74) is 0. The van der Waals surface area contributed by atoms with Crippen LogP contribution in [0.1, 0.15) is 90.4 Å². The average molecular weight is 323 g/mol. The molecule has 0 nitrogen and oxygen atoms in total. The summed E-state index contributed by atoms with van der Waals surface area (Å²) < 4.78 is 0. The number of hydrogen-bond donors (Lipinski definition) is 0. The molecule has 0 spiro atoms. The lowest BCUT2D eigenvalue weighted by Gasteiger charge is -2.02. The van der Waals surface area contributed by atoms with Gasteiger partial charge in [0.1, 0.15) is 0 Å². The van der Waals surface area contributed by atoms with Crippen LogP contribution in [-0.4, -0.2) is 5.75 Å². The molecule has 0 saturated carbocycles. The molecule has 0 unspecified atom stereocenters. The van der Waals surface area contributed by atoms with Gasteiger partial charge in [0.25, 0.3) is 0 Å². The first-order chi connectivity index (χ1) is 8.41. The second-order valence-electron chi connectivity index (χ2n) is 5.06. The molecule has 0 bridgehead atoms. The molecular weight excluding hydrogens is 292 g/mol. The molecular formula is C15H31BrS. The van der Waals surface area contributed by atoms with Gasteiger partial charge in [-0.15, -0.1) is 0 Å². The molecule has 0 atom stereocenters. The average Bonchev–Trinajstić information content (AvgIpc) is 2.35. The molecule has 0 fully saturated rings. The van der Waals surface area contributed by atoms with Crippen LogP contribution >= 0.6 is 25.0 Å². The molecule has 0 N–H and O–H groups in total. The Balaban J connectivity index is 2.85. The van der Waals surface area contributed by atoms with Crippen molar-refractivity contribution in [2.45, 2.75) is 90.4 Å². The van der Waals surface area contributed by atoms with E-state index in [2.05, 4.69) is 21.7 Å². The Hall–Kier alpha value is 0.830. The Morgan fingerprint density at radius 3 is 1.29 bits per heavy atom. The zero-order valence-corrected chi connectivity index (χ0v) is 14.1. The molecule has 0 radical (unpaired) electrons. The largest absolute Gasteiger partial charge is 0.0836 e. The third-order valence-electron chi connectivity index (χ3n) is 3.33. The highest BCUT2D eigenvalue weighted by Gasteiger charge is 1.93. The van der Waals surface area contributed by atoms with E-state index < -0.39 is 0 Å². The maximum atomic E-state index is 3.40. The van der Waals surface area contributed by atoms with Crippen molar-refractivity contribution in [2.24, 2.45) is 0 Å². The van der Waals surface area contributed by atoms with Gasteiger partial charge in [0.2, 0.25) is 0 Å². The van der Waals surface area contributed by atoms with E-state index >= 15 is 0 Å². The van der Waals surface area contributed by atoms with Gasteiger partial charge in [0.15, 0.2) is 0 Å². The van der Waals surface area contributed by atoms with E-state index in [4.69, 9.17) is 0 Å². The van der Waals surface area contributed by atoms with Crippen LogP contribution in [0.15, 0.2) is 0 Å². The molecule has 0 saturated heterocycles. The predicted molar refractivity (Wildman–Crippen MR) is 87.1 cm³/mol. The maximum Gasteiger partial charge on any atom is 0.00425 e. The second-order valence-corrected chi connectivity index (χ2v) is 7.06. The predicted octanol–water partition coefficient (Wildman–Crippen LogP) is 7.12. The van der Waals surface area contributed by atoms with Gasteiger partial charge < -0.3 is 0 Å². The fourth-order valence-corrected chi connectivity index (χ4v) is 3.17. The first-order valence-corrected chi connectivity index (χ1v) is 10.5. The molecule has 0 heterocycles. The molecule has 0 aliphatic rings. The van der Waals surface area contributed by atoms with E-state index in [9.17, 15) is 0 Å². The SMILES string of the molecule is CCCCCCCCCCCCCCCSBr. The van der Waals surface area contributed by atoms with Crippen LogP contribution in [0.25, 0.3) is 0 Å². The van der Waals surface area contributed by atoms with Crippen LogP contribution in [0, 0.1) is 0 Å². The molecule has 0 aromatic rings. The first kappa shape index (κ1) is 17.8. The number of hydrogen-bond acceptors (Lipinski definition) is 1. The fraction of sp³-hybridized carbons (Fsp3) is 1.00. The van der Waals surface area contributed by atoms with Gasteiger partial charge in [-0.3, -0.25) is 0 Å². The van der Waals surface area contributed by atoms with Crippen LogP contribution < -0.4 is 0 Å². The Labute approximate surface area is 121 Å². The van der Waals surface area contributed by atoms with Gasteiger partial charge in [-0.2, -0.15) is 0 Å². The van der Waals surface area contributed by atoms with Crippen LogP contribution in [0.3, 0.4) is 0 Å². The van der Waals surface area contributed by atoms with Gasteiger partial charge in [0.05, 0.1) is 0 Å². The molecule has 104 valence electrons. The highest BCUT2D eigenvalue weighted by Crippen LogP contribution is 2.15. The normalized spacial score (nSPS) is 10.9. The van der Waals surface area contributed by atoms with Gasteiger partial charge in [-0.25, -0.2) is 0 Å². The maximum absolute atomic E-state index is 3.40. The van der Waals surface area contributed by atoms with E-state index in [1.807, 2.05) is 0 Å². The van der Waals surface area contributed by atoms with Crippen molar-refractivity contribution in [2.75, 3.05) is 5.75 Å². The first-order valence-electron chi connectivity index (χ1n) is 7.65. The lowest BCUT2D eigenvalue weighted by molar-refractivity contribution is 0.543. The summed E-state index contributed by atoms with van der Waals surface area (Å²) in [6.45, 7) is 2.29. The summed E-state index contributed by atoms with van der Waals surface area (Å²) in [4.78, 5) is 0. The van der Waals surface area contributed by atoms with Crippen molar-refractivity contribution >= 4 is 25.0 Å². The van der Waals surface area contributed by atoms with Crippen molar-refractivity contribution in [3.63, 3.8) is 0 Å². The van der Waals surface area contributed by atoms with Crippen molar-refractivity contribution < 1.29 is 0 Å². The van der Waals surface area contributed by atoms with Crippen LogP contribution in [0.5, 0.6) is 0 Å². The highest BCUT2D eigenvalue weighted by molar-refractivity contribution is 9.50. The van der Waals surface area contributed by atoms with Crippen molar-refractivity contribution in [3.8, 4) is 0 Å². The summed E-state index contributed by atoms with van der Waals surface area (Å²) in [5, 5.41) is 0. The van der Waals surface area contributed by atoms with Gasteiger partial charge in [0, 0.05) is 5.75 Å². The summed E-state index contributed by atoms with van der Waals surface area (Å²) in [6, 6.07) is 0. The molecule has 0 aromatic heterocycles. The van der Waals surface area contributed by atoms with E-state index in [0.717, 1.165) is 0 Å². The quantitative estimate of drug-likeness (QED) is 0.307. The monoisotopic (exact) mass is 322 g/mol. The van der Waals surface area contributed by atoms with Gasteiger partial charge in [-0.05, 0) is 21.2 Å². The third-order valence-corrected chi connectivity index (χ3v) is 4.74. The number of halogens is 1. The molecule has 0 aromatic carbocycles. The van der Waals surface area contributed by atoms with E-state index in [0.29, 0.717) is 0 Å². The fourth-order valence-electron chi connectivity index (χ4n) is 2.17. The Bertz CT molecular complexity index is 114. The van der Waals surface area contributed by atoms with Crippen molar-refractivity contribution in [1.29, 1.82) is 0 Å².